The van der Waals surface area contributed by atoms with Crippen LogP contribution in [-0.4, -0.2) is 79.3 Å². The molecular formula is C27H35N3O5. The SMILES string of the molecule is CCC(C)C(NC(=O)OCC1c2ccccc2-c2ccccc21)C(=O)N(CCN(C)C)CC(=O)O. The summed E-state index contributed by atoms with van der Waals surface area (Å²) >= 11 is 0. The van der Waals surface area contributed by atoms with Gasteiger partial charge in [-0.05, 0) is 42.3 Å². The number of amides is 2. The van der Waals surface area contributed by atoms with E-state index in [1.54, 1.807) is 0 Å². The lowest BCUT2D eigenvalue weighted by molar-refractivity contribution is -0.146. The molecule has 1 aliphatic rings. The number of hydrogen-bond acceptors (Lipinski definition) is 5. The molecule has 0 spiro atoms. The fraction of sp³-hybridized carbons (Fsp3) is 0.444. The van der Waals surface area contributed by atoms with Crippen LogP contribution < -0.4 is 5.32 Å². The van der Waals surface area contributed by atoms with Crippen LogP contribution >= 0.6 is 0 Å². The minimum absolute atomic E-state index is 0.0884. The Morgan fingerprint density at radius 1 is 1.00 bits per heavy atom. The third kappa shape index (κ3) is 6.39. The number of aliphatic carboxylic acids is 1. The van der Waals surface area contributed by atoms with E-state index in [1.807, 2.05) is 69.2 Å². The maximum Gasteiger partial charge on any atom is 0.407 e. The molecule has 0 aliphatic heterocycles. The van der Waals surface area contributed by atoms with Gasteiger partial charge in [-0.1, -0.05) is 68.8 Å². The molecule has 0 saturated heterocycles. The monoisotopic (exact) mass is 481 g/mol. The normalized spacial score (nSPS) is 14.1. The van der Waals surface area contributed by atoms with Crippen LogP contribution in [0.15, 0.2) is 48.5 Å². The molecule has 2 N–H and O–H groups in total. The van der Waals surface area contributed by atoms with Crippen molar-refractivity contribution in [1.29, 1.82) is 0 Å². The van der Waals surface area contributed by atoms with Crippen molar-refractivity contribution in [3.05, 3.63) is 59.7 Å². The van der Waals surface area contributed by atoms with Crippen molar-refractivity contribution in [2.24, 2.45) is 5.92 Å². The van der Waals surface area contributed by atoms with Gasteiger partial charge >= 0.3 is 12.1 Å². The number of carbonyl (C=O) groups excluding carboxylic acids is 2. The van der Waals surface area contributed by atoms with Gasteiger partial charge in [-0.25, -0.2) is 4.79 Å². The molecule has 3 rings (SSSR count). The van der Waals surface area contributed by atoms with E-state index in [9.17, 15) is 19.5 Å². The second-order valence-electron chi connectivity index (χ2n) is 9.29. The second kappa shape index (κ2) is 11.8. The van der Waals surface area contributed by atoms with Gasteiger partial charge in [-0.2, -0.15) is 0 Å². The number of carboxylic acid groups (broad SMARTS) is 1. The predicted molar refractivity (Wildman–Crippen MR) is 134 cm³/mol. The van der Waals surface area contributed by atoms with Crippen molar-refractivity contribution >= 4 is 18.0 Å². The average molecular weight is 482 g/mol. The Labute approximate surface area is 206 Å². The van der Waals surface area contributed by atoms with Crippen LogP contribution in [0.2, 0.25) is 0 Å². The Balaban J connectivity index is 1.71. The van der Waals surface area contributed by atoms with Gasteiger partial charge in [0.15, 0.2) is 0 Å². The fourth-order valence-electron chi connectivity index (χ4n) is 4.40. The molecule has 1 aliphatic carbocycles. The van der Waals surface area contributed by atoms with E-state index in [1.165, 1.54) is 4.90 Å². The highest BCUT2D eigenvalue weighted by molar-refractivity contribution is 5.88. The number of rotatable bonds is 11. The number of nitrogens with zero attached hydrogens (tertiary/aromatic N) is 2. The van der Waals surface area contributed by atoms with Crippen LogP contribution in [0.3, 0.4) is 0 Å². The average Bonchev–Trinajstić information content (AvgIpc) is 3.16. The highest BCUT2D eigenvalue weighted by Crippen LogP contribution is 2.44. The smallest absolute Gasteiger partial charge is 0.407 e. The number of ether oxygens (including phenoxy) is 1. The highest BCUT2D eigenvalue weighted by Gasteiger charge is 2.33. The van der Waals surface area contributed by atoms with Gasteiger partial charge in [0.25, 0.3) is 0 Å². The summed E-state index contributed by atoms with van der Waals surface area (Å²) in [4.78, 5) is 40.7. The minimum Gasteiger partial charge on any atom is -0.480 e. The standard InChI is InChI=1S/C27H35N3O5/c1-5-18(2)25(26(33)30(16-24(31)32)15-14-29(3)4)28-27(34)35-17-23-21-12-8-6-10-19(21)20-11-7-9-13-22(20)23/h6-13,18,23,25H,5,14-17H2,1-4H3,(H,28,34)(H,31,32). The third-order valence-electron chi connectivity index (χ3n) is 6.55. The van der Waals surface area contributed by atoms with Crippen LogP contribution in [0.5, 0.6) is 0 Å². The molecule has 0 heterocycles. The van der Waals surface area contributed by atoms with Crippen LogP contribution in [0, 0.1) is 5.92 Å². The van der Waals surface area contributed by atoms with E-state index >= 15 is 0 Å². The van der Waals surface area contributed by atoms with Crippen LogP contribution in [0.1, 0.15) is 37.3 Å². The number of fused-ring (bicyclic) bond motifs is 3. The van der Waals surface area contributed by atoms with E-state index in [0.717, 1.165) is 22.3 Å². The fourth-order valence-corrected chi connectivity index (χ4v) is 4.40. The highest BCUT2D eigenvalue weighted by atomic mass is 16.5. The Morgan fingerprint density at radius 3 is 2.09 bits per heavy atom. The van der Waals surface area contributed by atoms with E-state index in [2.05, 4.69) is 17.4 Å². The van der Waals surface area contributed by atoms with Crippen molar-refractivity contribution < 1.29 is 24.2 Å². The van der Waals surface area contributed by atoms with Crippen LogP contribution in [0.25, 0.3) is 11.1 Å². The van der Waals surface area contributed by atoms with Crippen molar-refractivity contribution in [2.45, 2.75) is 32.2 Å². The quantitative estimate of drug-likeness (QED) is 0.510. The van der Waals surface area contributed by atoms with Gasteiger partial charge < -0.3 is 25.0 Å². The third-order valence-corrected chi connectivity index (χ3v) is 6.55. The molecule has 188 valence electrons. The van der Waals surface area contributed by atoms with E-state index in [4.69, 9.17) is 4.74 Å². The predicted octanol–water partition coefficient (Wildman–Crippen LogP) is 3.41. The van der Waals surface area contributed by atoms with Crippen molar-refractivity contribution in [3.8, 4) is 11.1 Å². The molecule has 0 saturated carbocycles. The zero-order chi connectivity index (χ0) is 25.5. The summed E-state index contributed by atoms with van der Waals surface area (Å²) in [6.07, 6.45) is -0.0531. The summed E-state index contributed by atoms with van der Waals surface area (Å²) in [5.41, 5.74) is 4.48. The minimum atomic E-state index is -1.10. The zero-order valence-electron chi connectivity index (χ0n) is 20.9. The first-order chi connectivity index (χ1) is 16.7. The Bertz CT molecular complexity index is 1010. The molecule has 2 atom stereocenters. The topological polar surface area (TPSA) is 99.2 Å². The van der Waals surface area contributed by atoms with Gasteiger partial charge in [0, 0.05) is 19.0 Å². The number of alkyl carbamates (subject to hydrolysis) is 1. The molecule has 0 radical (unpaired) electrons. The molecule has 0 aromatic heterocycles. The van der Waals surface area contributed by atoms with Crippen LogP contribution in [-0.2, 0) is 14.3 Å². The second-order valence-corrected chi connectivity index (χ2v) is 9.29. The number of nitrogens with one attached hydrogen (secondary N) is 1. The van der Waals surface area contributed by atoms with Crippen LogP contribution in [0.4, 0.5) is 4.79 Å². The van der Waals surface area contributed by atoms with Gasteiger partial charge in [0.2, 0.25) is 5.91 Å². The van der Waals surface area contributed by atoms with Crippen molar-refractivity contribution in [2.75, 3.05) is 40.3 Å². The van der Waals surface area contributed by atoms with Gasteiger partial charge in [-0.15, -0.1) is 0 Å². The summed E-state index contributed by atoms with van der Waals surface area (Å²) in [5, 5.41) is 12.0. The van der Waals surface area contributed by atoms with Crippen molar-refractivity contribution in [3.63, 3.8) is 0 Å². The first kappa shape index (κ1) is 26.2. The van der Waals surface area contributed by atoms with Gasteiger partial charge in [0.05, 0.1) is 0 Å². The number of hydrogen-bond donors (Lipinski definition) is 2. The molecule has 2 amide bonds. The summed E-state index contributed by atoms with van der Waals surface area (Å²) in [7, 11) is 3.70. The van der Waals surface area contributed by atoms with E-state index in [-0.39, 0.29) is 25.0 Å². The number of likely N-dealkylation sites (N-methyl/N-ethyl adjacent to an activating group) is 1. The lowest BCUT2D eigenvalue weighted by Gasteiger charge is -2.30. The maximum atomic E-state index is 13.3. The first-order valence-electron chi connectivity index (χ1n) is 12.0. The van der Waals surface area contributed by atoms with Gasteiger partial charge in [0.1, 0.15) is 19.2 Å². The molecule has 8 nitrogen and oxygen atoms in total. The Hall–Kier alpha value is -3.39. The molecule has 0 fully saturated rings. The lowest BCUT2D eigenvalue weighted by Crippen LogP contribution is -2.54. The molecule has 35 heavy (non-hydrogen) atoms. The summed E-state index contributed by atoms with van der Waals surface area (Å²) < 4.78 is 5.63. The zero-order valence-corrected chi connectivity index (χ0v) is 20.9. The summed E-state index contributed by atoms with van der Waals surface area (Å²) in [6.45, 7) is 4.25. The summed E-state index contributed by atoms with van der Waals surface area (Å²) in [5.74, 6) is -1.80. The van der Waals surface area contributed by atoms with Crippen molar-refractivity contribution in [1.82, 2.24) is 15.1 Å². The van der Waals surface area contributed by atoms with Gasteiger partial charge in [-0.3, -0.25) is 9.59 Å². The van der Waals surface area contributed by atoms with E-state index < -0.39 is 30.6 Å². The molecule has 2 aromatic carbocycles. The molecule has 0 bridgehead atoms. The maximum absolute atomic E-state index is 13.3. The number of carbonyl (C=O) groups is 3. The van der Waals surface area contributed by atoms with E-state index in [0.29, 0.717) is 13.0 Å². The molecular weight excluding hydrogens is 446 g/mol. The first-order valence-corrected chi connectivity index (χ1v) is 12.0. The molecule has 8 heteroatoms. The number of benzene rings is 2. The largest absolute Gasteiger partial charge is 0.480 e. The Morgan fingerprint density at radius 2 is 1.57 bits per heavy atom. The molecule has 2 unspecified atom stereocenters. The number of carboxylic acids is 1. The Kier molecular flexibility index (Phi) is 8.87. The summed E-state index contributed by atoms with van der Waals surface area (Å²) in [6, 6.07) is 15.3. The lowest BCUT2D eigenvalue weighted by atomic mass is 9.97. The molecule has 2 aromatic rings.